The molecule has 1 amide bonds. The molecule has 1 heterocycles. The van der Waals surface area contributed by atoms with Gasteiger partial charge in [-0.25, -0.2) is 9.37 Å². The summed E-state index contributed by atoms with van der Waals surface area (Å²) >= 11 is 0. The Morgan fingerprint density at radius 1 is 0.964 bits per heavy atom. The number of alkyl halides is 6. The molecule has 0 saturated carbocycles. The maximum absolute atomic E-state index is 13.6. The monoisotopic (exact) mass is 409 g/mol. The van der Waals surface area contributed by atoms with E-state index in [0.29, 0.717) is 11.6 Å². The number of hydrogen-bond donors (Lipinski definition) is 2. The molecule has 1 aromatic heterocycles. The number of halogens is 7. The highest BCUT2D eigenvalue weighted by Crippen LogP contribution is 2.43. The fourth-order valence-corrected chi connectivity index (χ4v) is 2.45. The Hall–Kier alpha value is -2.85. The molecule has 2 N–H and O–H groups in total. The lowest BCUT2D eigenvalue weighted by Crippen LogP contribution is -2.72. The summed E-state index contributed by atoms with van der Waals surface area (Å²) in [6, 6.07) is 5.67. The Morgan fingerprint density at radius 2 is 1.57 bits per heavy atom. The summed E-state index contributed by atoms with van der Waals surface area (Å²) in [7, 11) is 0. The number of amides is 1. The number of aromatic nitrogens is 1. The van der Waals surface area contributed by atoms with Crippen LogP contribution in [0, 0.1) is 19.7 Å². The van der Waals surface area contributed by atoms with E-state index in [0.717, 1.165) is 29.6 Å². The molecule has 0 aliphatic heterocycles. The predicted octanol–water partition coefficient (Wildman–Crippen LogP) is 4.50. The van der Waals surface area contributed by atoms with Crippen LogP contribution in [0.3, 0.4) is 0 Å². The Kier molecular flexibility index (Phi) is 5.58. The molecule has 152 valence electrons. The van der Waals surface area contributed by atoms with Gasteiger partial charge >= 0.3 is 18.0 Å². The van der Waals surface area contributed by atoms with Gasteiger partial charge in [-0.15, -0.1) is 0 Å². The third kappa shape index (κ3) is 4.34. The second-order valence-electron chi connectivity index (χ2n) is 6.01. The summed E-state index contributed by atoms with van der Waals surface area (Å²) in [6.07, 6.45) is -12.0. The number of nitrogens with zero attached hydrogens (tertiary/aromatic N) is 1. The van der Waals surface area contributed by atoms with Crippen LogP contribution in [0.5, 0.6) is 0 Å². The summed E-state index contributed by atoms with van der Waals surface area (Å²) in [5.74, 6) is -3.51. The van der Waals surface area contributed by atoms with Crippen LogP contribution in [-0.4, -0.2) is 28.9 Å². The maximum atomic E-state index is 13.6. The predicted molar refractivity (Wildman–Crippen MR) is 86.0 cm³/mol. The fourth-order valence-electron chi connectivity index (χ4n) is 2.45. The number of rotatable bonds is 4. The SMILES string of the molecule is Cc1cc(C)nc(NC(NC(=O)c2cccc(F)c2)(C(F)(F)F)C(F)(F)F)c1. The van der Waals surface area contributed by atoms with Gasteiger partial charge in [-0.1, -0.05) is 6.07 Å². The number of pyridine rings is 1. The highest BCUT2D eigenvalue weighted by molar-refractivity contribution is 5.95. The third-order valence-corrected chi connectivity index (χ3v) is 3.65. The molecule has 0 spiro atoms. The van der Waals surface area contributed by atoms with Gasteiger partial charge in [-0.05, 0) is 49.7 Å². The van der Waals surface area contributed by atoms with Crippen LogP contribution < -0.4 is 10.6 Å². The summed E-state index contributed by atoms with van der Waals surface area (Å²) in [6.45, 7) is 2.83. The Balaban J connectivity index is 2.56. The molecule has 0 saturated heterocycles. The lowest BCUT2D eigenvalue weighted by atomic mass is 10.1. The van der Waals surface area contributed by atoms with Crippen LogP contribution in [0.4, 0.5) is 36.6 Å². The molecule has 2 aromatic rings. The van der Waals surface area contributed by atoms with E-state index in [-0.39, 0.29) is 5.69 Å². The van der Waals surface area contributed by atoms with Crippen molar-refractivity contribution in [2.24, 2.45) is 0 Å². The average molecular weight is 409 g/mol. The van der Waals surface area contributed by atoms with Crippen LogP contribution in [0.1, 0.15) is 21.6 Å². The fraction of sp³-hybridized carbons (Fsp3) is 0.294. The Labute approximate surface area is 154 Å². The molecule has 0 radical (unpaired) electrons. The average Bonchev–Trinajstić information content (AvgIpc) is 2.51. The molecule has 1 aromatic carbocycles. The zero-order chi connectivity index (χ0) is 21.3. The van der Waals surface area contributed by atoms with Crippen molar-refractivity contribution in [3.63, 3.8) is 0 Å². The van der Waals surface area contributed by atoms with Crippen molar-refractivity contribution in [3.8, 4) is 0 Å². The van der Waals surface area contributed by atoms with Gasteiger partial charge in [0, 0.05) is 11.3 Å². The van der Waals surface area contributed by atoms with Crippen LogP contribution in [-0.2, 0) is 0 Å². The van der Waals surface area contributed by atoms with Gasteiger partial charge in [0.05, 0.1) is 0 Å². The first-order valence-electron chi connectivity index (χ1n) is 7.70. The first kappa shape index (κ1) is 21.5. The van der Waals surface area contributed by atoms with Crippen molar-refractivity contribution in [1.29, 1.82) is 0 Å². The van der Waals surface area contributed by atoms with Gasteiger partial charge in [-0.2, -0.15) is 26.3 Å². The quantitative estimate of drug-likeness (QED) is 0.578. The van der Waals surface area contributed by atoms with Crippen LogP contribution >= 0.6 is 0 Å². The summed E-state index contributed by atoms with van der Waals surface area (Å²) in [5.41, 5.74) is -5.05. The first-order valence-corrected chi connectivity index (χ1v) is 7.70. The molecular weight excluding hydrogens is 395 g/mol. The smallest absolute Gasteiger partial charge is 0.332 e. The number of benzene rings is 1. The Morgan fingerprint density at radius 3 is 2.07 bits per heavy atom. The topological polar surface area (TPSA) is 54.0 Å². The van der Waals surface area contributed by atoms with Gasteiger partial charge in [0.25, 0.3) is 5.91 Å². The molecule has 28 heavy (non-hydrogen) atoms. The number of carbonyl (C=O) groups excluding carboxylic acids is 1. The van der Waals surface area contributed by atoms with E-state index in [9.17, 15) is 35.5 Å². The summed E-state index contributed by atoms with van der Waals surface area (Å²) in [4.78, 5) is 15.7. The zero-order valence-electron chi connectivity index (χ0n) is 14.5. The molecule has 0 aliphatic carbocycles. The number of anilines is 1. The minimum Gasteiger partial charge on any atom is -0.332 e. The largest absolute Gasteiger partial charge is 0.439 e. The molecule has 0 atom stereocenters. The molecule has 2 rings (SSSR count). The third-order valence-electron chi connectivity index (χ3n) is 3.65. The standard InChI is InChI=1S/C17H14F7N3O/c1-9-6-10(2)25-13(7-9)26-15(16(19,20)21,17(22,23)24)27-14(28)11-4-3-5-12(18)8-11/h3-8H,1-2H3,(H,25,26)(H,27,28). The van der Waals surface area contributed by atoms with E-state index >= 15 is 0 Å². The normalized spacial score (nSPS) is 12.6. The van der Waals surface area contributed by atoms with E-state index in [1.807, 2.05) is 0 Å². The van der Waals surface area contributed by atoms with E-state index in [1.165, 1.54) is 25.2 Å². The minimum absolute atomic E-state index is 0.164. The summed E-state index contributed by atoms with van der Waals surface area (Å²) < 4.78 is 94.9. The summed E-state index contributed by atoms with van der Waals surface area (Å²) in [5, 5.41) is 2.22. The van der Waals surface area contributed by atoms with E-state index in [2.05, 4.69) is 4.98 Å². The maximum Gasteiger partial charge on any atom is 0.439 e. The molecule has 11 heteroatoms. The van der Waals surface area contributed by atoms with Crippen molar-refractivity contribution in [2.75, 3.05) is 5.32 Å². The van der Waals surface area contributed by atoms with Gasteiger partial charge in [0.1, 0.15) is 11.6 Å². The van der Waals surface area contributed by atoms with Crippen molar-refractivity contribution in [2.45, 2.75) is 31.9 Å². The minimum atomic E-state index is -6.01. The Bertz CT molecular complexity index is 844. The van der Waals surface area contributed by atoms with Crippen molar-refractivity contribution < 1.29 is 35.5 Å². The van der Waals surface area contributed by atoms with Crippen LogP contribution in [0.25, 0.3) is 0 Å². The number of hydrogen-bond acceptors (Lipinski definition) is 3. The highest BCUT2D eigenvalue weighted by atomic mass is 19.4. The highest BCUT2D eigenvalue weighted by Gasteiger charge is 2.72. The van der Waals surface area contributed by atoms with Crippen molar-refractivity contribution in [3.05, 3.63) is 59.0 Å². The van der Waals surface area contributed by atoms with Crippen LogP contribution in [0.2, 0.25) is 0 Å². The van der Waals surface area contributed by atoms with Crippen LogP contribution in [0.15, 0.2) is 36.4 Å². The van der Waals surface area contributed by atoms with E-state index in [1.54, 1.807) is 0 Å². The lowest BCUT2D eigenvalue weighted by Gasteiger charge is -2.38. The van der Waals surface area contributed by atoms with Gasteiger partial charge in [0.2, 0.25) is 0 Å². The van der Waals surface area contributed by atoms with Gasteiger partial charge in [-0.3, -0.25) is 4.79 Å². The second kappa shape index (κ2) is 7.28. The first-order chi connectivity index (χ1) is 12.7. The van der Waals surface area contributed by atoms with Gasteiger partial charge < -0.3 is 10.6 Å². The lowest BCUT2D eigenvalue weighted by molar-refractivity contribution is -0.294. The molecular formula is C17H14F7N3O. The van der Waals surface area contributed by atoms with Crippen molar-refractivity contribution >= 4 is 11.7 Å². The van der Waals surface area contributed by atoms with Crippen molar-refractivity contribution in [1.82, 2.24) is 10.3 Å². The number of carbonyl (C=O) groups is 1. The van der Waals surface area contributed by atoms with E-state index < -0.39 is 41.1 Å². The second-order valence-corrected chi connectivity index (χ2v) is 6.01. The molecule has 0 aliphatic rings. The molecule has 4 nitrogen and oxygen atoms in total. The number of nitrogens with one attached hydrogen (secondary N) is 2. The number of aryl methyl sites for hydroxylation is 2. The molecule has 0 bridgehead atoms. The molecule has 0 fully saturated rings. The molecule has 0 unspecified atom stereocenters. The zero-order valence-corrected chi connectivity index (χ0v) is 14.5. The van der Waals surface area contributed by atoms with Gasteiger partial charge in [0.15, 0.2) is 0 Å². The van der Waals surface area contributed by atoms with E-state index in [4.69, 9.17) is 0 Å².